The van der Waals surface area contributed by atoms with Crippen LogP contribution in [0.25, 0.3) is 0 Å². The van der Waals surface area contributed by atoms with Crippen LogP contribution in [0, 0.1) is 0 Å². The largest absolute Gasteiger partial charge is 0.444 e. The Morgan fingerprint density at radius 3 is 2.27 bits per heavy atom. The van der Waals surface area contributed by atoms with Crippen molar-refractivity contribution in [3.63, 3.8) is 0 Å². The summed E-state index contributed by atoms with van der Waals surface area (Å²) in [5.41, 5.74) is 0.278. The third-order valence-electron chi connectivity index (χ3n) is 4.57. The number of nitrogens with zero attached hydrogens (tertiary/aromatic N) is 2. The van der Waals surface area contributed by atoms with Gasteiger partial charge in [-0.3, -0.25) is 24.0 Å². The van der Waals surface area contributed by atoms with Crippen molar-refractivity contribution in [2.75, 3.05) is 18.1 Å². The summed E-state index contributed by atoms with van der Waals surface area (Å²) in [4.78, 5) is 42.3. The van der Waals surface area contributed by atoms with Gasteiger partial charge in [0.15, 0.2) is 0 Å². The molecule has 0 fully saturated rings. The van der Waals surface area contributed by atoms with Gasteiger partial charge in [-0.05, 0) is 57.0 Å². The molecule has 2 aromatic rings. The number of nitrogens with one attached hydrogen (secondary N) is 1. The lowest BCUT2D eigenvalue weighted by Gasteiger charge is -2.21. The molecule has 1 N–H and O–H groups in total. The number of fused-ring (bicyclic) bond motifs is 1. The van der Waals surface area contributed by atoms with Crippen LogP contribution in [-0.2, 0) is 19.0 Å². The first kappa shape index (κ1) is 24.3. The van der Waals surface area contributed by atoms with E-state index in [0.717, 1.165) is 11.2 Å². The molecule has 0 bridgehead atoms. The fourth-order valence-corrected chi connectivity index (χ4v) is 3.92. The van der Waals surface area contributed by atoms with E-state index < -0.39 is 39.7 Å². The Morgan fingerprint density at radius 1 is 1.12 bits per heavy atom. The van der Waals surface area contributed by atoms with Crippen LogP contribution in [-0.4, -0.2) is 54.6 Å². The zero-order valence-electron chi connectivity index (χ0n) is 18.7. The number of hydrogen-bond donors (Lipinski definition) is 1. The van der Waals surface area contributed by atoms with Crippen molar-refractivity contribution in [3.8, 4) is 0 Å². The third kappa shape index (κ3) is 6.36. The molecule has 33 heavy (non-hydrogen) atoms. The van der Waals surface area contributed by atoms with Gasteiger partial charge in [0.25, 0.3) is 21.9 Å². The van der Waals surface area contributed by atoms with Gasteiger partial charge in [0, 0.05) is 12.7 Å². The van der Waals surface area contributed by atoms with Crippen LogP contribution in [0.4, 0.5) is 10.6 Å². The zero-order chi connectivity index (χ0) is 24.4. The van der Waals surface area contributed by atoms with E-state index in [9.17, 15) is 22.8 Å². The Labute approximate surface area is 192 Å². The van der Waals surface area contributed by atoms with Crippen LogP contribution >= 0.6 is 0 Å². The number of carbonyl (C=O) groups is 3. The van der Waals surface area contributed by atoms with Crippen LogP contribution in [0.5, 0.6) is 0 Å². The Balaban J connectivity index is 1.78. The number of pyridine rings is 1. The molecule has 1 atom stereocenters. The van der Waals surface area contributed by atoms with E-state index in [1.165, 1.54) is 18.3 Å². The molecule has 11 heteroatoms. The first-order chi connectivity index (χ1) is 15.3. The Kier molecular flexibility index (Phi) is 6.84. The molecule has 3 amide bonds. The second-order valence-corrected chi connectivity index (χ2v) is 10.1. The number of anilines is 1. The highest BCUT2D eigenvalue weighted by atomic mass is 32.2. The Hall–Kier alpha value is -3.31. The maximum atomic E-state index is 12.6. The number of aromatic nitrogens is 1. The molecule has 3 rings (SSSR count). The van der Waals surface area contributed by atoms with Crippen molar-refractivity contribution in [2.24, 2.45) is 0 Å². The lowest BCUT2D eigenvalue weighted by molar-refractivity contribution is 0.0618. The minimum Gasteiger partial charge on any atom is -0.444 e. The van der Waals surface area contributed by atoms with Crippen LogP contribution in [0.2, 0.25) is 0 Å². The quantitative estimate of drug-likeness (QED) is 0.477. The first-order valence-electron chi connectivity index (χ1n) is 10.1. The van der Waals surface area contributed by atoms with Gasteiger partial charge in [-0.1, -0.05) is 12.1 Å². The molecule has 176 valence electrons. The van der Waals surface area contributed by atoms with Gasteiger partial charge in [-0.2, -0.15) is 8.42 Å². The summed E-state index contributed by atoms with van der Waals surface area (Å²) < 4.78 is 34.1. The topological polar surface area (TPSA) is 132 Å². The Morgan fingerprint density at radius 2 is 1.73 bits per heavy atom. The molecule has 0 spiro atoms. The summed E-state index contributed by atoms with van der Waals surface area (Å²) in [6.07, 6.45) is 0.547. The molecule has 0 aliphatic carbocycles. The maximum Gasteiger partial charge on any atom is 0.413 e. The number of amides is 3. The molecule has 0 radical (unpaired) electrons. The zero-order valence-corrected chi connectivity index (χ0v) is 19.5. The van der Waals surface area contributed by atoms with Crippen LogP contribution in [0.1, 0.15) is 59.6 Å². The SMILES string of the molecule is CC(C)(C)OC(=O)Nc1cc(C(CCN2C(=O)c3ccccc3C2=O)OS(C)(=O)=O)ccn1. The average Bonchev–Trinajstić information content (AvgIpc) is 2.94. The highest BCUT2D eigenvalue weighted by molar-refractivity contribution is 7.86. The number of rotatable bonds is 7. The molecule has 0 saturated heterocycles. The van der Waals surface area contributed by atoms with Crippen LogP contribution in [0.15, 0.2) is 42.6 Å². The summed E-state index contributed by atoms with van der Waals surface area (Å²) in [6, 6.07) is 9.44. The molecule has 2 heterocycles. The molecule has 1 aliphatic heterocycles. The van der Waals surface area contributed by atoms with E-state index in [0.29, 0.717) is 16.7 Å². The van der Waals surface area contributed by atoms with Crippen molar-refractivity contribution in [3.05, 3.63) is 59.3 Å². The number of carbonyl (C=O) groups excluding carboxylic acids is 3. The standard InChI is InChI=1S/C22H25N3O7S/c1-22(2,3)31-21(28)24-18-13-14(9-11-23-18)17(32-33(4,29)30)10-12-25-19(26)15-7-5-6-8-16(15)20(25)27/h5-9,11,13,17H,10,12H2,1-4H3,(H,23,24,28). The van der Waals surface area contributed by atoms with Gasteiger partial charge in [0.05, 0.1) is 17.4 Å². The van der Waals surface area contributed by atoms with Gasteiger partial charge >= 0.3 is 6.09 Å². The Bertz CT molecular complexity index is 1150. The van der Waals surface area contributed by atoms with E-state index in [4.69, 9.17) is 8.92 Å². The number of imide groups is 1. The van der Waals surface area contributed by atoms with Gasteiger partial charge in [0.1, 0.15) is 17.5 Å². The van der Waals surface area contributed by atoms with Gasteiger partial charge in [-0.25, -0.2) is 9.78 Å². The monoisotopic (exact) mass is 475 g/mol. The molecular formula is C22H25N3O7S. The van der Waals surface area contributed by atoms with Crippen molar-refractivity contribution in [1.29, 1.82) is 0 Å². The maximum absolute atomic E-state index is 12.6. The van der Waals surface area contributed by atoms with Gasteiger partial charge < -0.3 is 4.74 Å². The summed E-state index contributed by atoms with van der Waals surface area (Å²) in [5.74, 6) is -0.768. The molecule has 1 aromatic carbocycles. The number of ether oxygens (including phenoxy) is 1. The summed E-state index contributed by atoms with van der Waals surface area (Å²) in [7, 11) is -3.88. The number of benzene rings is 1. The van der Waals surface area contributed by atoms with Crippen LogP contribution < -0.4 is 5.32 Å². The summed E-state index contributed by atoms with van der Waals surface area (Å²) in [5, 5.41) is 2.48. The molecule has 10 nitrogen and oxygen atoms in total. The van der Waals surface area contributed by atoms with Crippen molar-refractivity contribution in [2.45, 2.75) is 38.9 Å². The average molecular weight is 476 g/mol. The smallest absolute Gasteiger partial charge is 0.413 e. The summed E-state index contributed by atoms with van der Waals surface area (Å²) >= 11 is 0. The second kappa shape index (κ2) is 9.28. The lowest BCUT2D eigenvalue weighted by atomic mass is 10.1. The second-order valence-electron chi connectivity index (χ2n) is 8.49. The van der Waals surface area contributed by atoms with Crippen LogP contribution in [0.3, 0.4) is 0 Å². The molecule has 1 aromatic heterocycles. The minimum absolute atomic E-state index is 0.00836. The number of hydrogen-bond acceptors (Lipinski definition) is 8. The normalized spacial score (nSPS) is 14.7. The van der Waals surface area contributed by atoms with E-state index in [-0.39, 0.29) is 18.8 Å². The van der Waals surface area contributed by atoms with E-state index in [1.807, 2.05) is 0 Å². The summed E-state index contributed by atoms with van der Waals surface area (Å²) in [6.45, 7) is 5.08. The third-order valence-corrected chi connectivity index (χ3v) is 5.15. The fourth-order valence-electron chi connectivity index (χ4n) is 3.29. The van der Waals surface area contributed by atoms with Crippen molar-refractivity contribution >= 4 is 33.8 Å². The van der Waals surface area contributed by atoms with E-state index in [2.05, 4.69) is 10.3 Å². The van der Waals surface area contributed by atoms with E-state index in [1.54, 1.807) is 45.0 Å². The van der Waals surface area contributed by atoms with E-state index >= 15 is 0 Å². The molecular weight excluding hydrogens is 450 g/mol. The van der Waals surface area contributed by atoms with Crippen molar-refractivity contribution in [1.82, 2.24) is 9.88 Å². The lowest BCUT2D eigenvalue weighted by Crippen LogP contribution is -2.32. The molecule has 1 unspecified atom stereocenters. The minimum atomic E-state index is -3.88. The van der Waals surface area contributed by atoms with Gasteiger partial charge in [-0.15, -0.1) is 0 Å². The predicted octanol–water partition coefficient (Wildman–Crippen LogP) is 3.13. The highest BCUT2D eigenvalue weighted by Crippen LogP contribution is 2.28. The highest BCUT2D eigenvalue weighted by Gasteiger charge is 2.35. The first-order valence-corrected chi connectivity index (χ1v) is 11.9. The molecule has 1 aliphatic rings. The van der Waals surface area contributed by atoms with Gasteiger partial charge in [0.2, 0.25) is 0 Å². The predicted molar refractivity (Wildman–Crippen MR) is 119 cm³/mol. The van der Waals surface area contributed by atoms with Crippen molar-refractivity contribution < 1.29 is 31.7 Å². The fraction of sp³-hybridized carbons (Fsp3) is 0.364. The molecule has 0 saturated carbocycles.